The van der Waals surface area contributed by atoms with Crippen molar-refractivity contribution in [1.82, 2.24) is 14.9 Å². The molecule has 3 N–H and O–H groups in total. The maximum Gasteiger partial charge on any atom is 0.232 e. The lowest BCUT2D eigenvalue weighted by Crippen LogP contribution is -2.35. The normalized spacial score (nSPS) is 21.7. The number of halogens is 1. The largest absolute Gasteiger partial charge is 0.341 e. The minimum atomic E-state index is 0. The Bertz CT molecular complexity index is 674. The van der Waals surface area contributed by atoms with Crippen molar-refractivity contribution in [2.24, 2.45) is 11.1 Å². The van der Waals surface area contributed by atoms with Crippen LogP contribution in [0.3, 0.4) is 0 Å². The van der Waals surface area contributed by atoms with Crippen LogP contribution in [-0.4, -0.2) is 46.2 Å². The number of likely N-dealkylation sites (tertiary alicyclic amines) is 1. The second-order valence-electron chi connectivity index (χ2n) is 6.67. The van der Waals surface area contributed by atoms with E-state index in [1.807, 2.05) is 29.2 Å². The highest BCUT2D eigenvalue weighted by atomic mass is 35.5. The van der Waals surface area contributed by atoms with Crippen molar-refractivity contribution in [3.63, 3.8) is 0 Å². The number of aromatic amines is 1. The Morgan fingerprint density at radius 3 is 2.92 bits per heavy atom. The van der Waals surface area contributed by atoms with Crippen molar-refractivity contribution < 1.29 is 4.79 Å². The summed E-state index contributed by atoms with van der Waals surface area (Å²) in [6, 6.07) is 7.99. The first-order valence-corrected chi connectivity index (χ1v) is 9.10. The lowest BCUT2D eigenvalue weighted by atomic mass is 9.90. The predicted octanol–water partition coefficient (Wildman–Crippen LogP) is 2.98. The third-order valence-corrected chi connectivity index (χ3v) is 5.79. The highest BCUT2D eigenvalue weighted by Crippen LogP contribution is 2.31. The average molecular weight is 369 g/mol. The number of amides is 1. The molecular weight excluding hydrogens is 344 g/mol. The van der Waals surface area contributed by atoms with Gasteiger partial charge in [0.15, 0.2) is 0 Å². The molecule has 2 heterocycles. The van der Waals surface area contributed by atoms with Gasteiger partial charge in [-0.3, -0.25) is 4.79 Å². The van der Waals surface area contributed by atoms with Crippen LogP contribution in [0.1, 0.15) is 31.3 Å². The Hall–Kier alpha value is -1.24. The molecule has 24 heavy (non-hydrogen) atoms. The molecular formula is C17H25ClN4OS. The quantitative estimate of drug-likeness (QED) is 0.850. The summed E-state index contributed by atoms with van der Waals surface area (Å²) in [5.74, 6) is 1.62. The number of imidazole rings is 1. The lowest BCUT2D eigenvalue weighted by molar-refractivity contribution is -0.127. The molecule has 132 valence electrons. The van der Waals surface area contributed by atoms with Crippen molar-refractivity contribution in [2.75, 3.05) is 25.4 Å². The maximum absolute atomic E-state index is 12.4. The molecule has 0 bridgehead atoms. The van der Waals surface area contributed by atoms with E-state index in [1.165, 1.54) is 0 Å². The third kappa shape index (κ3) is 4.05. The number of hydrogen-bond acceptors (Lipinski definition) is 4. The number of aromatic nitrogens is 2. The van der Waals surface area contributed by atoms with Crippen molar-refractivity contribution >= 4 is 41.1 Å². The van der Waals surface area contributed by atoms with Crippen LogP contribution in [0.15, 0.2) is 24.3 Å². The van der Waals surface area contributed by atoms with Gasteiger partial charge in [-0.15, -0.1) is 24.2 Å². The molecule has 0 radical (unpaired) electrons. The van der Waals surface area contributed by atoms with Gasteiger partial charge in [0.05, 0.1) is 22.0 Å². The number of nitrogens with zero attached hydrogens (tertiary/aromatic N) is 2. The molecule has 0 spiro atoms. The lowest BCUT2D eigenvalue weighted by Gasteiger charge is -2.22. The zero-order valence-electron chi connectivity index (χ0n) is 14.1. The monoisotopic (exact) mass is 368 g/mol. The van der Waals surface area contributed by atoms with Crippen molar-refractivity contribution in [3.8, 4) is 0 Å². The highest BCUT2D eigenvalue weighted by Gasteiger charge is 2.34. The zero-order chi connectivity index (χ0) is 16.4. The number of fused-ring (bicyclic) bond motifs is 1. The van der Waals surface area contributed by atoms with Gasteiger partial charge in [-0.05, 0) is 37.4 Å². The standard InChI is InChI=1S/C17H24N4OS.ClH/c1-12(16-19-13-5-3-4-6-14(13)20-16)23-9-15(22)21-8-7-17(2,10-18)11-21;/h3-6,12H,7-11,18H2,1-2H3,(H,19,20);1H. The van der Waals surface area contributed by atoms with E-state index < -0.39 is 0 Å². The molecule has 0 aliphatic carbocycles. The molecule has 2 aromatic rings. The number of H-pyrrole nitrogens is 1. The van der Waals surface area contributed by atoms with Crippen LogP contribution < -0.4 is 5.73 Å². The van der Waals surface area contributed by atoms with Gasteiger partial charge >= 0.3 is 0 Å². The zero-order valence-corrected chi connectivity index (χ0v) is 15.8. The number of carbonyl (C=O) groups excluding carboxylic acids is 1. The number of hydrogen-bond donors (Lipinski definition) is 2. The molecule has 1 amide bonds. The van der Waals surface area contributed by atoms with Gasteiger partial charge in [-0.25, -0.2) is 4.98 Å². The summed E-state index contributed by atoms with van der Waals surface area (Å²) >= 11 is 1.63. The fourth-order valence-corrected chi connectivity index (χ4v) is 3.78. The molecule has 1 aromatic heterocycles. The Morgan fingerprint density at radius 2 is 2.25 bits per heavy atom. The summed E-state index contributed by atoms with van der Waals surface area (Å²) in [5.41, 5.74) is 7.91. The summed E-state index contributed by atoms with van der Waals surface area (Å²) in [4.78, 5) is 22.3. The topological polar surface area (TPSA) is 75.0 Å². The summed E-state index contributed by atoms with van der Waals surface area (Å²) in [6.45, 7) is 6.49. The minimum absolute atomic E-state index is 0. The summed E-state index contributed by atoms with van der Waals surface area (Å²) in [7, 11) is 0. The van der Waals surface area contributed by atoms with Gasteiger partial charge in [0.1, 0.15) is 5.82 Å². The van der Waals surface area contributed by atoms with Gasteiger partial charge in [0.2, 0.25) is 5.91 Å². The van der Waals surface area contributed by atoms with E-state index in [2.05, 4.69) is 23.8 Å². The highest BCUT2D eigenvalue weighted by molar-refractivity contribution is 8.00. The number of para-hydroxylation sites is 2. The fraction of sp³-hybridized carbons (Fsp3) is 0.529. The fourth-order valence-electron chi connectivity index (χ4n) is 2.93. The van der Waals surface area contributed by atoms with E-state index in [9.17, 15) is 4.79 Å². The summed E-state index contributed by atoms with van der Waals surface area (Å²) in [5, 5.41) is 0.162. The van der Waals surface area contributed by atoms with Crippen LogP contribution >= 0.6 is 24.2 Å². The Labute approximate surface area is 153 Å². The number of rotatable bonds is 5. The second kappa shape index (κ2) is 7.76. The molecule has 1 aliphatic heterocycles. The third-order valence-electron chi connectivity index (χ3n) is 4.65. The number of nitrogens with two attached hydrogens (primary N) is 1. The molecule has 2 atom stereocenters. The van der Waals surface area contributed by atoms with Crippen molar-refractivity contribution in [1.29, 1.82) is 0 Å². The van der Waals surface area contributed by atoms with Crippen LogP contribution in [0.5, 0.6) is 0 Å². The van der Waals surface area contributed by atoms with Crippen LogP contribution in [-0.2, 0) is 4.79 Å². The second-order valence-corrected chi connectivity index (χ2v) is 8.00. The molecule has 3 rings (SSSR count). The Balaban J connectivity index is 0.00000208. The van der Waals surface area contributed by atoms with Gasteiger partial charge in [-0.1, -0.05) is 19.1 Å². The van der Waals surface area contributed by atoms with E-state index in [-0.39, 0.29) is 29.0 Å². The molecule has 1 saturated heterocycles. The average Bonchev–Trinajstić information content (AvgIpc) is 3.16. The van der Waals surface area contributed by atoms with Gasteiger partial charge in [0, 0.05) is 13.1 Å². The SMILES string of the molecule is CC(SCC(=O)N1CCC(C)(CN)C1)c1nc2ccccc2[nH]1.Cl. The number of thioether (sulfide) groups is 1. The van der Waals surface area contributed by atoms with Crippen molar-refractivity contribution in [3.05, 3.63) is 30.1 Å². The Kier molecular flexibility index (Phi) is 6.17. The first kappa shape index (κ1) is 19.1. The minimum Gasteiger partial charge on any atom is -0.341 e. The van der Waals surface area contributed by atoms with E-state index in [0.717, 1.165) is 36.4 Å². The summed E-state index contributed by atoms with van der Waals surface area (Å²) in [6.07, 6.45) is 0.999. The van der Waals surface area contributed by atoms with Crippen LogP contribution in [0.25, 0.3) is 11.0 Å². The van der Waals surface area contributed by atoms with E-state index in [0.29, 0.717) is 12.3 Å². The van der Waals surface area contributed by atoms with Crippen LogP contribution in [0, 0.1) is 5.41 Å². The molecule has 0 saturated carbocycles. The van der Waals surface area contributed by atoms with E-state index in [1.54, 1.807) is 11.8 Å². The molecule has 2 unspecified atom stereocenters. The molecule has 1 aliphatic rings. The number of benzene rings is 1. The molecule has 1 fully saturated rings. The number of nitrogens with one attached hydrogen (secondary N) is 1. The predicted molar refractivity (Wildman–Crippen MR) is 103 cm³/mol. The maximum atomic E-state index is 12.4. The van der Waals surface area contributed by atoms with Gasteiger partial charge < -0.3 is 15.6 Å². The molecule has 5 nitrogen and oxygen atoms in total. The smallest absolute Gasteiger partial charge is 0.232 e. The van der Waals surface area contributed by atoms with Crippen LogP contribution in [0.4, 0.5) is 0 Å². The van der Waals surface area contributed by atoms with Crippen LogP contribution in [0.2, 0.25) is 0 Å². The van der Waals surface area contributed by atoms with Gasteiger partial charge in [0.25, 0.3) is 0 Å². The van der Waals surface area contributed by atoms with E-state index >= 15 is 0 Å². The molecule has 1 aromatic carbocycles. The first-order chi connectivity index (χ1) is 11.0. The number of carbonyl (C=O) groups is 1. The van der Waals surface area contributed by atoms with Gasteiger partial charge in [-0.2, -0.15) is 0 Å². The molecule has 7 heteroatoms. The van der Waals surface area contributed by atoms with E-state index in [4.69, 9.17) is 5.73 Å². The van der Waals surface area contributed by atoms with Crippen molar-refractivity contribution in [2.45, 2.75) is 25.5 Å². The Morgan fingerprint density at radius 1 is 1.50 bits per heavy atom. The first-order valence-electron chi connectivity index (χ1n) is 8.05. The summed E-state index contributed by atoms with van der Waals surface area (Å²) < 4.78 is 0.